The Hall–Kier alpha value is -2.19. The number of fused-ring (bicyclic) bond motifs is 1. The maximum Gasteiger partial charge on any atom is 0.276 e. The fourth-order valence-corrected chi connectivity index (χ4v) is 5.09. The Morgan fingerprint density at radius 2 is 1.81 bits per heavy atom. The number of sulfonamides is 1. The lowest BCUT2D eigenvalue weighted by Crippen LogP contribution is -2.50. The first-order valence-electron chi connectivity index (χ1n) is 8.80. The van der Waals surface area contributed by atoms with Gasteiger partial charge in [0.05, 0.1) is 4.90 Å². The predicted octanol–water partition coefficient (Wildman–Crippen LogP) is 1.62. The third-order valence-corrected chi connectivity index (χ3v) is 6.98. The average molecular weight is 375 g/mol. The second-order valence-electron chi connectivity index (χ2n) is 6.80. The summed E-state index contributed by atoms with van der Waals surface area (Å²) in [4.78, 5) is 14.4. The monoisotopic (exact) mass is 375 g/mol. The summed E-state index contributed by atoms with van der Waals surface area (Å²) in [6.07, 6.45) is 3.05. The molecule has 0 spiro atoms. The van der Waals surface area contributed by atoms with E-state index in [2.05, 4.69) is 5.16 Å². The molecule has 1 aliphatic heterocycles. The van der Waals surface area contributed by atoms with Gasteiger partial charge in [-0.2, -0.15) is 4.31 Å². The number of amides is 1. The Morgan fingerprint density at radius 3 is 2.50 bits per heavy atom. The molecule has 2 heterocycles. The van der Waals surface area contributed by atoms with Crippen molar-refractivity contribution in [3.63, 3.8) is 0 Å². The molecule has 0 atom stereocenters. The Labute approximate surface area is 152 Å². The van der Waals surface area contributed by atoms with Crippen LogP contribution in [0.15, 0.2) is 33.7 Å². The smallest absolute Gasteiger partial charge is 0.276 e. The van der Waals surface area contributed by atoms with E-state index in [0.29, 0.717) is 23.7 Å². The SMILES string of the molecule is Cc1cc(C(=O)N2CCN(S(=O)(=O)c3ccc4c(c3)CCC4)CC2)no1. The minimum Gasteiger partial charge on any atom is -0.361 e. The van der Waals surface area contributed by atoms with Crippen LogP contribution in [-0.4, -0.2) is 54.9 Å². The fourth-order valence-electron chi connectivity index (χ4n) is 3.62. The third kappa shape index (κ3) is 3.03. The Morgan fingerprint density at radius 1 is 1.08 bits per heavy atom. The summed E-state index contributed by atoms with van der Waals surface area (Å²) in [6, 6.07) is 7.04. The Balaban J connectivity index is 1.46. The average Bonchev–Trinajstić information content (AvgIpc) is 3.29. The highest BCUT2D eigenvalue weighted by Gasteiger charge is 2.31. The predicted molar refractivity (Wildman–Crippen MR) is 94.4 cm³/mol. The lowest BCUT2D eigenvalue weighted by Gasteiger charge is -2.33. The molecule has 7 nitrogen and oxygen atoms in total. The van der Waals surface area contributed by atoms with Crippen LogP contribution in [0.1, 0.15) is 33.8 Å². The number of rotatable bonds is 3. The summed E-state index contributed by atoms with van der Waals surface area (Å²) < 4.78 is 32.3. The molecule has 1 aromatic heterocycles. The van der Waals surface area contributed by atoms with E-state index in [4.69, 9.17) is 4.52 Å². The molecular formula is C18H21N3O4S. The highest BCUT2D eigenvalue weighted by atomic mass is 32.2. The van der Waals surface area contributed by atoms with E-state index in [1.54, 1.807) is 24.0 Å². The van der Waals surface area contributed by atoms with E-state index >= 15 is 0 Å². The largest absolute Gasteiger partial charge is 0.361 e. The van der Waals surface area contributed by atoms with Crippen molar-refractivity contribution in [2.24, 2.45) is 0 Å². The van der Waals surface area contributed by atoms with Crippen molar-refractivity contribution >= 4 is 15.9 Å². The zero-order valence-electron chi connectivity index (χ0n) is 14.6. The third-order valence-electron chi connectivity index (χ3n) is 5.08. The van der Waals surface area contributed by atoms with Crippen LogP contribution in [0.5, 0.6) is 0 Å². The van der Waals surface area contributed by atoms with E-state index in [1.807, 2.05) is 12.1 Å². The summed E-state index contributed by atoms with van der Waals surface area (Å²) in [5, 5.41) is 3.74. The van der Waals surface area contributed by atoms with Crippen LogP contribution in [0.25, 0.3) is 0 Å². The molecule has 1 aliphatic carbocycles. The second kappa shape index (κ2) is 6.51. The Bertz CT molecular complexity index is 943. The summed E-state index contributed by atoms with van der Waals surface area (Å²) in [5.41, 5.74) is 2.65. The molecule has 0 radical (unpaired) electrons. The van der Waals surface area contributed by atoms with Gasteiger partial charge in [0.15, 0.2) is 5.69 Å². The molecule has 0 saturated carbocycles. The zero-order chi connectivity index (χ0) is 18.3. The van der Waals surface area contributed by atoms with Crippen LogP contribution in [0.4, 0.5) is 0 Å². The quantitative estimate of drug-likeness (QED) is 0.814. The summed E-state index contributed by atoms with van der Waals surface area (Å²) in [7, 11) is -3.53. The van der Waals surface area contributed by atoms with Crippen molar-refractivity contribution in [1.29, 1.82) is 0 Å². The normalized spacial score (nSPS) is 18.1. The maximum atomic E-state index is 12.9. The molecule has 1 aromatic carbocycles. The molecule has 0 bridgehead atoms. The second-order valence-corrected chi connectivity index (χ2v) is 8.74. The number of aryl methyl sites for hydroxylation is 3. The van der Waals surface area contributed by atoms with Crippen LogP contribution in [0.3, 0.4) is 0 Å². The van der Waals surface area contributed by atoms with Gasteiger partial charge in [0.25, 0.3) is 5.91 Å². The molecule has 1 amide bonds. The van der Waals surface area contributed by atoms with E-state index in [9.17, 15) is 13.2 Å². The van der Waals surface area contributed by atoms with Crippen molar-refractivity contribution < 1.29 is 17.7 Å². The van der Waals surface area contributed by atoms with E-state index in [1.165, 1.54) is 9.87 Å². The van der Waals surface area contributed by atoms with Crippen molar-refractivity contribution in [3.8, 4) is 0 Å². The van der Waals surface area contributed by atoms with Gasteiger partial charge in [0.2, 0.25) is 10.0 Å². The van der Waals surface area contributed by atoms with Gasteiger partial charge in [0.1, 0.15) is 5.76 Å². The standard InChI is InChI=1S/C18H21N3O4S/c1-13-11-17(19-25-13)18(22)20-7-9-21(10-8-20)26(23,24)16-6-5-14-3-2-4-15(14)12-16/h5-6,11-12H,2-4,7-10H2,1H3. The van der Waals surface area contributed by atoms with Crippen molar-refractivity contribution in [1.82, 2.24) is 14.4 Å². The van der Waals surface area contributed by atoms with E-state index < -0.39 is 10.0 Å². The maximum absolute atomic E-state index is 12.9. The first kappa shape index (κ1) is 17.2. The number of piperazine rings is 1. The van der Waals surface area contributed by atoms with Gasteiger partial charge in [-0.15, -0.1) is 0 Å². The topological polar surface area (TPSA) is 83.7 Å². The first-order chi connectivity index (χ1) is 12.4. The van der Waals surface area contributed by atoms with Crippen LogP contribution in [0.2, 0.25) is 0 Å². The van der Waals surface area contributed by atoms with Gasteiger partial charge in [-0.25, -0.2) is 8.42 Å². The molecule has 1 fully saturated rings. The fraction of sp³-hybridized carbons (Fsp3) is 0.444. The molecule has 2 aliphatic rings. The highest BCUT2D eigenvalue weighted by Crippen LogP contribution is 2.26. The van der Waals surface area contributed by atoms with Gasteiger partial charge >= 0.3 is 0 Å². The molecule has 4 rings (SSSR count). The molecular weight excluding hydrogens is 354 g/mol. The van der Waals surface area contributed by atoms with Gasteiger partial charge in [-0.05, 0) is 49.4 Å². The molecule has 2 aromatic rings. The lowest BCUT2D eigenvalue weighted by molar-refractivity contribution is 0.0687. The molecule has 138 valence electrons. The number of benzene rings is 1. The minimum atomic E-state index is -3.53. The van der Waals surface area contributed by atoms with Crippen LogP contribution < -0.4 is 0 Å². The van der Waals surface area contributed by atoms with Crippen molar-refractivity contribution in [2.75, 3.05) is 26.2 Å². The lowest BCUT2D eigenvalue weighted by atomic mass is 10.1. The van der Waals surface area contributed by atoms with E-state index in [-0.39, 0.29) is 24.7 Å². The molecule has 1 saturated heterocycles. The highest BCUT2D eigenvalue weighted by molar-refractivity contribution is 7.89. The van der Waals surface area contributed by atoms with Gasteiger partial charge in [-0.1, -0.05) is 11.2 Å². The van der Waals surface area contributed by atoms with Crippen LogP contribution >= 0.6 is 0 Å². The number of carbonyl (C=O) groups is 1. The van der Waals surface area contributed by atoms with Crippen LogP contribution in [-0.2, 0) is 22.9 Å². The van der Waals surface area contributed by atoms with Crippen molar-refractivity contribution in [2.45, 2.75) is 31.1 Å². The molecule has 26 heavy (non-hydrogen) atoms. The number of carbonyl (C=O) groups excluding carboxylic acids is 1. The summed E-state index contributed by atoms with van der Waals surface area (Å²) in [5.74, 6) is 0.350. The number of hydrogen-bond acceptors (Lipinski definition) is 5. The van der Waals surface area contributed by atoms with Gasteiger partial charge in [-0.3, -0.25) is 4.79 Å². The number of nitrogens with zero attached hydrogens (tertiary/aromatic N) is 3. The Kier molecular flexibility index (Phi) is 4.32. The molecule has 8 heteroatoms. The van der Waals surface area contributed by atoms with Crippen molar-refractivity contribution in [3.05, 3.63) is 46.8 Å². The number of hydrogen-bond donors (Lipinski definition) is 0. The minimum absolute atomic E-state index is 0.226. The molecule has 0 N–H and O–H groups in total. The summed E-state index contributed by atoms with van der Waals surface area (Å²) >= 11 is 0. The van der Waals surface area contributed by atoms with Gasteiger partial charge in [0, 0.05) is 32.2 Å². The first-order valence-corrected chi connectivity index (χ1v) is 10.2. The van der Waals surface area contributed by atoms with Crippen LogP contribution in [0, 0.1) is 6.92 Å². The number of aromatic nitrogens is 1. The summed E-state index contributed by atoms with van der Waals surface area (Å²) in [6.45, 7) is 2.97. The van der Waals surface area contributed by atoms with E-state index in [0.717, 1.165) is 24.8 Å². The van der Waals surface area contributed by atoms with Gasteiger partial charge < -0.3 is 9.42 Å². The molecule has 0 unspecified atom stereocenters. The zero-order valence-corrected chi connectivity index (χ0v) is 15.5.